The SMILES string of the molecule is Cc1[nH]nc2cc(C3=C(F)N=C(C4C5CC5c5nc(-c6cc(Cl)ccc6-n6cnnn6)cc(=O)n54)C3)ccc12. The van der Waals surface area contributed by atoms with Crippen LogP contribution in [0.1, 0.15) is 41.9 Å². The summed E-state index contributed by atoms with van der Waals surface area (Å²) < 4.78 is 18.4. The summed E-state index contributed by atoms with van der Waals surface area (Å²) in [4.78, 5) is 22.8. The number of tetrazole rings is 1. The number of H-pyrrole nitrogens is 1. The first-order valence-electron chi connectivity index (χ1n) is 12.5. The third-order valence-electron chi connectivity index (χ3n) is 7.95. The number of fused-ring (bicyclic) bond motifs is 4. The maximum atomic E-state index is 15.2. The standard InChI is InChI=1S/C27H19ClFN9O/c1-12-15-4-2-13(6-21(15)34-33-12)16-9-22(31-26(16)29)25-17-8-18(17)27-32-20(10-24(39)38(25)27)19-7-14(28)3-5-23(19)37-11-30-35-36-37/h2-7,10-11,17-18,25H,8-9H2,1H3,(H,33,34). The van der Waals surface area contributed by atoms with Gasteiger partial charge in [-0.25, -0.2) is 9.98 Å². The fourth-order valence-electron chi connectivity index (χ4n) is 6.03. The van der Waals surface area contributed by atoms with E-state index in [-0.39, 0.29) is 23.4 Å². The van der Waals surface area contributed by atoms with Gasteiger partial charge in [0, 0.05) is 51.4 Å². The Kier molecular flexibility index (Phi) is 4.61. The van der Waals surface area contributed by atoms with Crippen LogP contribution in [-0.4, -0.2) is 45.7 Å². The highest BCUT2D eigenvalue weighted by molar-refractivity contribution is 6.31. The van der Waals surface area contributed by atoms with Crippen LogP contribution in [0.15, 0.2) is 64.5 Å². The number of aromatic nitrogens is 8. The second kappa shape index (κ2) is 8.00. The summed E-state index contributed by atoms with van der Waals surface area (Å²) in [6.45, 7) is 1.95. The Morgan fingerprint density at radius 1 is 1.15 bits per heavy atom. The Morgan fingerprint density at radius 3 is 2.90 bits per heavy atom. The zero-order valence-corrected chi connectivity index (χ0v) is 21.3. The van der Waals surface area contributed by atoms with Crippen LogP contribution in [0.3, 0.4) is 0 Å². The Balaban J connectivity index is 1.16. The minimum atomic E-state index is -0.509. The van der Waals surface area contributed by atoms with Gasteiger partial charge >= 0.3 is 0 Å². The number of aliphatic imine (C=N–C) groups is 1. The van der Waals surface area contributed by atoms with Crippen LogP contribution in [0.2, 0.25) is 5.02 Å². The van der Waals surface area contributed by atoms with E-state index in [0.717, 1.165) is 28.6 Å². The molecular weight excluding hydrogens is 521 g/mol. The molecular formula is C27H19ClFN9O. The average molecular weight is 540 g/mol. The summed E-state index contributed by atoms with van der Waals surface area (Å²) in [6.07, 6.45) is 2.69. The molecule has 0 saturated heterocycles. The van der Waals surface area contributed by atoms with E-state index in [1.54, 1.807) is 22.8 Å². The Bertz CT molecular complexity index is 1960. The highest BCUT2D eigenvalue weighted by Gasteiger charge is 2.56. The second-order valence-corrected chi connectivity index (χ2v) is 10.6. The minimum absolute atomic E-state index is 0.122. The van der Waals surface area contributed by atoms with Crippen molar-refractivity contribution in [3.05, 3.63) is 87.2 Å². The Hall–Kier alpha value is -4.51. The van der Waals surface area contributed by atoms with Gasteiger partial charge in [0.05, 0.1) is 22.9 Å². The van der Waals surface area contributed by atoms with E-state index in [1.807, 2.05) is 25.1 Å². The maximum Gasteiger partial charge on any atom is 0.254 e. The first-order chi connectivity index (χ1) is 19.0. The van der Waals surface area contributed by atoms with Gasteiger partial charge in [-0.2, -0.15) is 14.2 Å². The summed E-state index contributed by atoms with van der Waals surface area (Å²) in [5.74, 6) is 0.475. The van der Waals surface area contributed by atoms with Gasteiger partial charge in [0.1, 0.15) is 12.2 Å². The molecule has 10 nitrogen and oxygen atoms in total. The zero-order chi connectivity index (χ0) is 26.4. The van der Waals surface area contributed by atoms with Crippen molar-refractivity contribution in [3.8, 4) is 16.9 Å². The number of aryl methyl sites for hydroxylation is 1. The van der Waals surface area contributed by atoms with Gasteiger partial charge in [0.15, 0.2) is 0 Å². The highest BCUT2D eigenvalue weighted by Crippen LogP contribution is 2.60. The van der Waals surface area contributed by atoms with Gasteiger partial charge in [-0.1, -0.05) is 23.7 Å². The minimum Gasteiger partial charge on any atom is -0.287 e. The molecule has 0 radical (unpaired) electrons. The van der Waals surface area contributed by atoms with Crippen LogP contribution in [0.4, 0.5) is 4.39 Å². The molecule has 0 bridgehead atoms. The van der Waals surface area contributed by atoms with Crippen LogP contribution in [-0.2, 0) is 0 Å². The molecule has 5 aromatic rings. The van der Waals surface area contributed by atoms with Gasteiger partial charge in [0.25, 0.3) is 5.56 Å². The molecule has 3 aliphatic rings. The van der Waals surface area contributed by atoms with Crippen LogP contribution >= 0.6 is 11.6 Å². The molecule has 3 atom stereocenters. The molecule has 39 heavy (non-hydrogen) atoms. The molecule has 192 valence electrons. The lowest BCUT2D eigenvalue weighted by Crippen LogP contribution is -2.30. The Labute approximate surface area is 224 Å². The number of hydrogen-bond donors (Lipinski definition) is 1. The summed E-state index contributed by atoms with van der Waals surface area (Å²) in [7, 11) is 0. The van der Waals surface area contributed by atoms with E-state index in [1.165, 1.54) is 17.1 Å². The van der Waals surface area contributed by atoms with Crippen molar-refractivity contribution in [2.24, 2.45) is 10.9 Å². The van der Waals surface area contributed by atoms with Crippen LogP contribution < -0.4 is 5.56 Å². The van der Waals surface area contributed by atoms with E-state index in [2.05, 4.69) is 30.7 Å². The Morgan fingerprint density at radius 2 is 2.05 bits per heavy atom. The molecule has 1 saturated carbocycles. The highest BCUT2D eigenvalue weighted by atomic mass is 35.5. The van der Waals surface area contributed by atoms with Gasteiger partial charge < -0.3 is 0 Å². The zero-order valence-electron chi connectivity index (χ0n) is 20.5. The van der Waals surface area contributed by atoms with Crippen LogP contribution in [0, 0.1) is 12.8 Å². The molecule has 2 aromatic carbocycles. The lowest BCUT2D eigenvalue weighted by molar-refractivity contribution is 0.572. The lowest BCUT2D eigenvalue weighted by atomic mass is 9.97. The third kappa shape index (κ3) is 3.36. The van der Waals surface area contributed by atoms with E-state index < -0.39 is 5.95 Å². The molecule has 2 aliphatic heterocycles. The molecule has 1 N–H and O–H groups in total. The molecule has 1 aliphatic carbocycles. The fourth-order valence-corrected chi connectivity index (χ4v) is 6.21. The van der Waals surface area contributed by atoms with E-state index in [0.29, 0.717) is 45.5 Å². The predicted octanol–water partition coefficient (Wildman–Crippen LogP) is 4.57. The number of nitrogens with one attached hydrogen (secondary N) is 1. The second-order valence-electron chi connectivity index (χ2n) is 10.2. The quantitative estimate of drug-likeness (QED) is 0.334. The molecule has 3 unspecified atom stereocenters. The van der Waals surface area contributed by atoms with Crippen molar-refractivity contribution in [3.63, 3.8) is 0 Å². The molecule has 0 spiro atoms. The summed E-state index contributed by atoms with van der Waals surface area (Å²) in [5, 5.41) is 20.2. The molecule has 0 amide bonds. The predicted molar refractivity (Wildman–Crippen MR) is 142 cm³/mol. The van der Waals surface area contributed by atoms with Gasteiger partial charge in [0.2, 0.25) is 5.95 Å². The number of rotatable bonds is 4. The van der Waals surface area contributed by atoms with Crippen molar-refractivity contribution >= 4 is 33.8 Å². The number of halogens is 2. The molecule has 3 aromatic heterocycles. The largest absolute Gasteiger partial charge is 0.287 e. The van der Waals surface area contributed by atoms with E-state index >= 15 is 4.39 Å². The molecule has 12 heteroatoms. The number of hydrogen-bond acceptors (Lipinski definition) is 7. The van der Waals surface area contributed by atoms with Crippen molar-refractivity contribution in [2.75, 3.05) is 0 Å². The number of aromatic amines is 1. The molecule has 1 fully saturated rings. The van der Waals surface area contributed by atoms with Gasteiger partial charge in [-0.3, -0.25) is 14.5 Å². The maximum absolute atomic E-state index is 15.2. The van der Waals surface area contributed by atoms with Gasteiger partial charge in [-0.15, -0.1) is 5.10 Å². The lowest BCUT2D eigenvalue weighted by Gasteiger charge is -2.19. The van der Waals surface area contributed by atoms with Crippen molar-refractivity contribution < 1.29 is 4.39 Å². The monoisotopic (exact) mass is 539 g/mol. The van der Waals surface area contributed by atoms with Crippen LogP contribution in [0.25, 0.3) is 33.4 Å². The molecule has 5 heterocycles. The molecule has 8 rings (SSSR count). The van der Waals surface area contributed by atoms with Crippen molar-refractivity contribution in [2.45, 2.75) is 31.7 Å². The van der Waals surface area contributed by atoms with E-state index in [4.69, 9.17) is 16.6 Å². The third-order valence-corrected chi connectivity index (χ3v) is 8.18. The fraction of sp³-hybridized carbons (Fsp3) is 0.222. The summed E-state index contributed by atoms with van der Waals surface area (Å²) in [6, 6.07) is 12.2. The normalized spacial score (nSPS) is 21.4. The number of allylic oxidation sites excluding steroid dienone is 1. The van der Waals surface area contributed by atoms with Crippen LogP contribution in [0.5, 0.6) is 0 Å². The summed E-state index contributed by atoms with van der Waals surface area (Å²) in [5.41, 5.74) is 5.24. The number of benzene rings is 2. The van der Waals surface area contributed by atoms with Crippen molar-refractivity contribution in [1.82, 2.24) is 40.0 Å². The number of nitrogens with zero attached hydrogens (tertiary/aromatic N) is 8. The first kappa shape index (κ1) is 22.5. The topological polar surface area (TPSA) is 120 Å². The van der Waals surface area contributed by atoms with Gasteiger partial charge in [-0.05, 0) is 59.5 Å². The average Bonchev–Trinajstić information content (AvgIpc) is 3.30. The summed E-state index contributed by atoms with van der Waals surface area (Å²) >= 11 is 6.31. The van der Waals surface area contributed by atoms with E-state index in [9.17, 15) is 4.79 Å². The van der Waals surface area contributed by atoms with Crippen molar-refractivity contribution in [1.29, 1.82) is 0 Å². The smallest absolute Gasteiger partial charge is 0.254 e. The first-order valence-corrected chi connectivity index (χ1v) is 12.9.